The minimum absolute atomic E-state index is 0.189. The third-order valence-corrected chi connectivity index (χ3v) is 3.55. The zero-order valence-electron chi connectivity index (χ0n) is 9.68. The lowest BCUT2D eigenvalue weighted by atomic mass is 10.1. The van der Waals surface area contributed by atoms with E-state index in [-0.39, 0.29) is 6.04 Å². The minimum Gasteiger partial charge on any atom is -0.294 e. The molecule has 1 aliphatic rings. The first-order chi connectivity index (χ1) is 8.27. The maximum Gasteiger partial charge on any atom is 0.225 e. The molecule has 1 heterocycles. The number of hydrogen-bond acceptors (Lipinski definition) is 2. The van der Waals surface area contributed by atoms with Crippen molar-refractivity contribution in [1.82, 2.24) is 14.8 Å². The number of rotatable bonds is 3. The molecule has 0 saturated heterocycles. The fourth-order valence-corrected chi connectivity index (χ4v) is 2.41. The molecule has 1 unspecified atom stereocenters. The van der Waals surface area contributed by atoms with Gasteiger partial charge in [-0.15, -0.1) is 10.2 Å². The van der Waals surface area contributed by atoms with E-state index in [4.69, 9.17) is 11.6 Å². The number of nitrogens with zero attached hydrogens (tertiary/aromatic N) is 3. The van der Waals surface area contributed by atoms with Gasteiger partial charge in [0, 0.05) is 5.92 Å². The van der Waals surface area contributed by atoms with E-state index < -0.39 is 0 Å². The molecule has 1 aromatic heterocycles. The minimum atomic E-state index is 0.189. The second kappa shape index (κ2) is 4.15. The molecule has 0 bridgehead atoms. The quantitative estimate of drug-likeness (QED) is 0.832. The van der Waals surface area contributed by atoms with Crippen LogP contribution < -0.4 is 0 Å². The molecule has 3 rings (SSSR count). The Morgan fingerprint density at radius 2 is 1.94 bits per heavy atom. The van der Waals surface area contributed by atoms with Crippen molar-refractivity contribution >= 4 is 11.6 Å². The number of aromatic nitrogens is 3. The Balaban J connectivity index is 2.00. The average molecular weight is 248 g/mol. The van der Waals surface area contributed by atoms with Gasteiger partial charge in [0.2, 0.25) is 5.28 Å². The SMILES string of the molecule is CC(c1ccccc1)n1c(Cl)nnc1C1CC1. The Labute approximate surface area is 105 Å². The molecule has 1 aromatic carbocycles. The maximum absolute atomic E-state index is 6.15. The van der Waals surface area contributed by atoms with Gasteiger partial charge in [-0.1, -0.05) is 30.3 Å². The highest BCUT2D eigenvalue weighted by Crippen LogP contribution is 2.41. The van der Waals surface area contributed by atoms with E-state index in [1.165, 1.54) is 18.4 Å². The first kappa shape index (κ1) is 10.8. The molecular formula is C13H14ClN3. The molecule has 1 saturated carbocycles. The van der Waals surface area contributed by atoms with Crippen LogP contribution in [0.4, 0.5) is 0 Å². The van der Waals surface area contributed by atoms with Crippen LogP contribution in [-0.2, 0) is 0 Å². The van der Waals surface area contributed by atoms with Gasteiger partial charge in [0.25, 0.3) is 0 Å². The van der Waals surface area contributed by atoms with E-state index in [1.807, 2.05) is 18.2 Å². The second-order valence-electron chi connectivity index (χ2n) is 4.56. The number of halogens is 1. The van der Waals surface area contributed by atoms with E-state index >= 15 is 0 Å². The normalized spacial score (nSPS) is 17.1. The highest BCUT2D eigenvalue weighted by atomic mass is 35.5. The van der Waals surface area contributed by atoms with Crippen LogP contribution >= 0.6 is 11.6 Å². The van der Waals surface area contributed by atoms with Crippen molar-refractivity contribution in [3.8, 4) is 0 Å². The number of benzene rings is 1. The molecular weight excluding hydrogens is 234 g/mol. The Morgan fingerprint density at radius 3 is 2.59 bits per heavy atom. The topological polar surface area (TPSA) is 30.7 Å². The van der Waals surface area contributed by atoms with E-state index in [1.54, 1.807) is 0 Å². The summed E-state index contributed by atoms with van der Waals surface area (Å²) in [6.07, 6.45) is 2.41. The summed E-state index contributed by atoms with van der Waals surface area (Å²) in [5.41, 5.74) is 1.23. The summed E-state index contributed by atoms with van der Waals surface area (Å²) in [5.74, 6) is 1.59. The van der Waals surface area contributed by atoms with Crippen molar-refractivity contribution in [2.45, 2.75) is 31.7 Å². The summed E-state index contributed by atoms with van der Waals surface area (Å²) in [6, 6.07) is 10.5. The molecule has 88 valence electrons. The van der Waals surface area contributed by atoms with Crippen LogP contribution in [-0.4, -0.2) is 14.8 Å². The fraction of sp³-hybridized carbons (Fsp3) is 0.385. The van der Waals surface area contributed by atoms with Crippen molar-refractivity contribution in [3.05, 3.63) is 47.0 Å². The highest BCUT2D eigenvalue weighted by molar-refractivity contribution is 6.28. The maximum atomic E-state index is 6.15. The van der Waals surface area contributed by atoms with Crippen molar-refractivity contribution in [2.24, 2.45) is 0 Å². The molecule has 1 aliphatic carbocycles. The summed E-state index contributed by atoms with van der Waals surface area (Å²) < 4.78 is 2.05. The van der Waals surface area contributed by atoms with Crippen LogP contribution in [0.2, 0.25) is 5.28 Å². The molecule has 1 atom stereocenters. The molecule has 1 fully saturated rings. The molecule has 0 radical (unpaired) electrons. The van der Waals surface area contributed by atoms with Crippen LogP contribution in [0.15, 0.2) is 30.3 Å². The van der Waals surface area contributed by atoms with Crippen LogP contribution in [0.5, 0.6) is 0 Å². The van der Waals surface area contributed by atoms with Gasteiger partial charge in [-0.25, -0.2) is 0 Å². The Hall–Kier alpha value is -1.35. The van der Waals surface area contributed by atoms with Gasteiger partial charge in [-0.05, 0) is 36.9 Å². The lowest BCUT2D eigenvalue weighted by molar-refractivity contribution is 0.603. The molecule has 0 spiro atoms. The molecule has 0 N–H and O–H groups in total. The van der Waals surface area contributed by atoms with Gasteiger partial charge in [0.1, 0.15) is 5.82 Å². The Morgan fingerprint density at radius 1 is 1.24 bits per heavy atom. The molecule has 2 aromatic rings. The molecule has 17 heavy (non-hydrogen) atoms. The van der Waals surface area contributed by atoms with Crippen molar-refractivity contribution in [1.29, 1.82) is 0 Å². The van der Waals surface area contributed by atoms with Crippen LogP contribution in [0.1, 0.15) is 43.1 Å². The highest BCUT2D eigenvalue weighted by Gasteiger charge is 2.31. The first-order valence-electron chi connectivity index (χ1n) is 5.92. The van der Waals surface area contributed by atoms with Crippen LogP contribution in [0.3, 0.4) is 0 Å². The van der Waals surface area contributed by atoms with Crippen LogP contribution in [0, 0.1) is 0 Å². The second-order valence-corrected chi connectivity index (χ2v) is 4.90. The smallest absolute Gasteiger partial charge is 0.225 e. The third-order valence-electron chi connectivity index (χ3n) is 3.29. The summed E-state index contributed by atoms with van der Waals surface area (Å²) in [7, 11) is 0. The number of hydrogen-bond donors (Lipinski definition) is 0. The molecule has 0 aliphatic heterocycles. The van der Waals surface area contributed by atoms with Gasteiger partial charge in [-0.2, -0.15) is 0 Å². The van der Waals surface area contributed by atoms with Crippen molar-refractivity contribution < 1.29 is 0 Å². The summed E-state index contributed by atoms with van der Waals surface area (Å²) in [5, 5.41) is 8.70. The van der Waals surface area contributed by atoms with Crippen molar-refractivity contribution in [2.75, 3.05) is 0 Å². The summed E-state index contributed by atoms with van der Waals surface area (Å²) in [4.78, 5) is 0. The van der Waals surface area contributed by atoms with E-state index in [0.29, 0.717) is 11.2 Å². The average Bonchev–Trinajstić information content (AvgIpc) is 3.13. The monoisotopic (exact) mass is 247 g/mol. The molecule has 4 heteroatoms. The van der Waals surface area contributed by atoms with E-state index in [0.717, 1.165) is 5.82 Å². The molecule has 0 amide bonds. The van der Waals surface area contributed by atoms with Crippen molar-refractivity contribution in [3.63, 3.8) is 0 Å². The third kappa shape index (κ3) is 1.95. The largest absolute Gasteiger partial charge is 0.294 e. The van der Waals surface area contributed by atoms with Crippen LogP contribution in [0.25, 0.3) is 0 Å². The fourth-order valence-electron chi connectivity index (χ4n) is 2.14. The zero-order valence-corrected chi connectivity index (χ0v) is 10.4. The lowest BCUT2D eigenvalue weighted by Crippen LogP contribution is -2.10. The summed E-state index contributed by atoms with van der Waals surface area (Å²) >= 11 is 6.15. The van der Waals surface area contributed by atoms with Gasteiger partial charge in [-0.3, -0.25) is 4.57 Å². The van der Waals surface area contributed by atoms with E-state index in [9.17, 15) is 0 Å². The molecule has 3 nitrogen and oxygen atoms in total. The first-order valence-corrected chi connectivity index (χ1v) is 6.30. The van der Waals surface area contributed by atoms with Gasteiger partial charge < -0.3 is 0 Å². The Bertz CT molecular complexity index is 517. The van der Waals surface area contributed by atoms with Gasteiger partial charge >= 0.3 is 0 Å². The van der Waals surface area contributed by atoms with E-state index in [2.05, 4.69) is 33.8 Å². The lowest BCUT2D eigenvalue weighted by Gasteiger charge is -2.16. The predicted octanol–water partition coefficient (Wildman–Crippen LogP) is 3.42. The standard InChI is InChI=1S/C13H14ClN3/c1-9(10-5-3-2-4-6-10)17-12(11-7-8-11)15-16-13(17)14/h2-6,9,11H,7-8H2,1H3. The van der Waals surface area contributed by atoms with Gasteiger partial charge in [0.05, 0.1) is 6.04 Å². The zero-order chi connectivity index (χ0) is 11.8. The summed E-state index contributed by atoms with van der Waals surface area (Å²) in [6.45, 7) is 2.14. The predicted molar refractivity (Wildman–Crippen MR) is 67.3 cm³/mol. The van der Waals surface area contributed by atoms with Gasteiger partial charge in [0.15, 0.2) is 0 Å². The Kier molecular flexibility index (Phi) is 2.63.